The predicted molar refractivity (Wildman–Crippen MR) is 67.4 cm³/mol. The molecule has 88 valence electrons. The number of nitrogens with zero attached hydrogens (tertiary/aromatic N) is 2. The maximum absolute atomic E-state index is 5.74. The van der Waals surface area contributed by atoms with Gasteiger partial charge in [0.25, 0.3) is 0 Å². The first kappa shape index (κ1) is 11.4. The Morgan fingerprint density at radius 2 is 2.19 bits per heavy atom. The third-order valence-corrected chi connectivity index (χ3v) is 3.53. The Labute approximate surface area is 97.7 Å². The maximum atomic E-state index is 5.74. The van der Waals surface area contributed by atoms with E-state index in [1.54, 1.807) is 0 Å². The number of anilines is 1. The largest absolute Gasteiger partial charge is 0.373 e. The van der Waals surface area contributed by atoms with Crippen LogP contribution in [0, 0.1) is 5.92 Å². The van der Waals surface area contributed by atoms with Crippen molar-refractivity contribution in [3.05, 3.63) is 24.0 Å². The fraction of sp³-hybridized carbons (Fsp3) is 0.615. The van der Waals surface area contributed by atoms with Gasteiger partial charge in [0.15, 0.2) is 0 Å². The molecule has 0 unspecified atom stereocenters. The van der Waals surface area contributed by atoms with E-state index in [9.17, 15) is 0 Å². The predicted octanol–water partition coefficient (Wildman–Crippen LogP) is 2.17. The van der Waals surface area contributed by atoms with Gasteiger partial charge in [-0.3, -0.25) is 4.98 Å². The fourth-order valence-electron chi connectivity index (χ4n) is 2.61. The maximum Gasteiger partial charge on any atom is 0.0595 e. The molecule has 1 aromatic heterocycles. The van der Waals surface area contributed by atoms with Gasteiger partial charge in [-0.25, -0.2) is 0 Å². The lowest BCUT2D eigenvalue weighted by molar-refractivity contribution is 0.546. The van der Waals surface area contributed by atoms with E-state index in [-0.39, 0.29) is 0 Å². The minimum absolute atomic E-state index is 0.590. The number of nitrogens with two attached hydrogens (primary N) is 1. The average Bonchev–Trinajstić information content (AvgIpc) is 2.81. The molecular formula is C13H21N3. The van der Waals surface area contributed by atoms with E-state index < -0.39 is 0 Å². The van der Waals surface area contributed by atoms with Gasteiger partial charge in [-0.15, -0.1) is 0 Å². The number of hydrogen-bond donors (Lipinski definition) is 1. The lowest BCUT2D eigenvalue weighted by atomic mass is 10.1. The van der Waals surface area contributed by atoms with Crippen LogP contribution in [0.5, 0.6) is 0 Å². The summed E-state index contributed by atoms with van der Waals surface area (Å²) in [5, 5.41) is 0. The summed E-state index contributed by atoms with van der Waals surface area (Å²) in [6, 6.07) is 2.01. The molecule has 0 saturated heterocycles. The summed E-state index contributed by atoms with van der Waals surface area (Å²) in [7, 11) is 2.15. The zero-order chi connectivity index (χ0) is 11.4. The Balaban J connectivity index is 2.04. The topological polar surface area (TPSA) is 42.2 Å². The van der Waals surface area contributed by atoms with Crippen molar-refractivity contribution in [2.24, 2.45) is 11.7 Å². The summed E-state index contributed by atoms with van der Waals surface area (Å²) in [5.41, 5.74) is 8.12. The molecule has 1 aromatic rings. The Morgan fingerprint density at radius 1 is 1.44 bits per heavy atom. The number of aromatic nitrogens is 1. The van der Waals surface area contributed by atoms with Crippen molar-refractivity contribution in [3.8, 4) is 0 Å². The molecule has 0 bridgehead atoms. The van der Waals surface area contributed by atoms with E-state index in [1.807, 2.05) is 18.5 Å². The molecule has 0 spiro atoms. The van der Waals surface area contributed by atoms with Gasteiger partial charge in [-0.1, -0.05) is 12.8 Å². The lowest BCUT2D eigenvalue weighted by Gasteiger charge is -2.24. The SMILES string of the molecule is CN(CC1CCCC1)c1cnccc1CN. The third-order valence-electron chi connectivity index (χ3n) is 3.53. The second kappa shape index (κ2) is 5.30. The highest BCUT2D eigenvalue weighted by Crippen LogP contribution is 2.27. The van der Waals surface area contributed by atoms with Crippen LogP contribution in [0.2, 0.25) is 0 Å². The van der Waals surface area contributed by atoms with E-state index in [0.29, 0.717) is 6.54 Å². The highest BCUT2D eigenvalue weighted by molar-refractivity contribution is 5.50. The zero-order valence-electron chi connectivity index (χ0n) is 10.0. The van der Waals surface area contributed by atoms with Crippen molar-refractivity contribution in [1.82, 2.24) is 4.98 Å². The third kappa shape index (κ3) is 2.53. The van der Waals surface area contributed by atoms with Crippen molar-refractivity contribution in [2.75, 3.05) is 18.5 Å². The summed E-state index contributed by atoms with van der Waals surface area (Å²) < 4.78 is 0. The van der Waals surface area contributed by atoms with Crippen LogP contribution in [0.3, 0.4) is 0 Å². The van der Waals surface area contributed by atoms with Crippen LogP contribution in [0.15, 0.2) is 18.5 Å². The van der Waals surface area contributed by atoms with Crippen molar-refractivity contribution >= 4 is 5.69 Å². The molecular weight excluding hydrogens is 198 g/mol. The molecule has 1 fully saturated rings. The Kier molecular flexibility index (Phi) is 3.78. The van der Waals surface area contributed by atoms with Crippen LogP contribution in [0.1, 0.15) is 31.2 Å². The standard InChI is InChI=1S/C13H21N3/c1-16(10-11-4-2-3-5-11)13-9-15-7-6-12(13)8-14/h6-7,9,11H,2-5,8,10,14H2,1H3. The molecule has 1 aliphatic carbocycles. The summed E-state index contributed by atoms with van der Waals surface area (Å²) in [5.74, 6) is 0.857. The smallest absolute Gasteiger partial charge is 0.0595 e. The molecule has 1 aliphatic rings. The second-order valence-corrected chi connectivity index (χ2v) is 4.74. The molecule has 16 heavy (non-hydrogen) atoms. The monoisotopic (exact) mass is 219 g/mol. The molecule has 0 aliphatic heterocycles. The number of pyridine rings is 1. The molecule has 3 heteroatoms. The summed E-state index contributed by atoms with van der Waals surface area (Å²) in [4.78, 5) is 6.50. The van der Waals surface area contributed by atoms with Crippen LogP contribution >= 0.6 is 0 Å². The molecule has 0 radical (unpaired) electrons. The number of hydrogen-bond acceptors (Lipinski definition) is 3. The average molecular weight is 219 g/mol. The van der Waals surface area contributed by atoms with Crippen LogP contribution in [-0.4, -0.2) is 18.6 Å². The Hall–Kier alpha value is -1.09. The van der Waals surface area contributed by atoms with E-state index in [1.165, 1.54) is 36.9 Å². The molecule has 2 N–H and O–H groups in total. The van der Waals surface area contributed by atoms with Crippen molar-refractivity contribution < 1.29 is 0 Å². The lowest BCUT2D eigenvalue weighted by Crippen LogP contribution is -2.25. The minimum Gasteiger partial charge on any atom is -0.373 e. The molecule has 0 atom stereocenters. The molecule has 1 heterocycles. The van der Waals surface area contributed by atoms with Crippen LogP contribution in [0.25, 0.3) is 0 Å². The Bertz CT molecular complexity index is 332. The minimum atomic E-state index is 0.590. The fourth-order valence-corrected chi connectivity index (χ4v) is 2.61. The molecule has 1 saturated carbocycles. The molecule has 0 aromatic carbocycles. The van der Waals surface area contributed by atoms with Gasteiger partial charge in [0.05, 0.1) is 11.9 Å². The van der Waals surface area contributed by atoms with Gasteiger partial charge >= 0.3 is 0 Å². The van der Waals surface area contributed by atoms with Gasteiger partial charge in [0.1, 0.15) is 0 Å². The van der Waals surface area contributed by atoms with Gasteiger partial charge in [0, 0.05) is 26.3 Å². The Morgan fingerprint density at radius 3 is 2.88 bits per heavy atom. The quantitative estimate of drug-likeness (QED) is 0.844. The number of rotatable bonds is 4. The first-order chi connectivity index (χ1) is 7.81. The van der Waals surface area contributed by atoms with Crippen molar-refractivity contribution in [3.63, 3.8) is 0 Å². The highest BCUT2D eigenvalue weighted by Gasteiger charge is 2.17. The first-order valence-corrected chi connectivity index (χ1v) is 6.15. The van der Waals surface area contributed by atoms with Crippen LogP contribution < -0.4 is 10.6 Å². The molecule has 3 nitrogen and oxygen atoms in total. The second-order valence-electron chi connectivity index (χ2n) is 4.74. The van der Waals surface area contributed by atoms with E-state index in [2.05, 4.69) is 16.9 Å². The normalized spacial score (nSPS) is 16.6. The highest BCUT2D eigenvalue weighted by atomic mass is 15.1. The molecule has 0 amide bonds. The summed E-state index contributed by atoms with van der Waals surface area (Å²) in [6.45, 7) is 1.73. The summed E-state index contributed by atoms with van der Waals surface area (Å²) in [6.07, 6.45) is 9.29. The van der Waals surface area contributed by atoms with Gasteiger partial charge < -0.3 is 10.6 Å². The van der Waals surface area contributed by atoms with E-state index >= 15 is 0 Å². The van der Waals surface area contributed by atoms with E-state index in [0.717, 1.165) is 12.5 Å². The van der Waals surface area contributed by atoms with Gasteiger partial charge in [-0.2, -0.15) is 0 Å². The van der Waals surface area contributed by atoms with Gasteiger partial charge in [0.2, 0.25) is 0 Å². The van der Waals surface area contributed by atoms with Crippen molar-refractivity contribution in [1.29, 1.82) is 0 Å². The van der Waals surface area contributed by atoms with E-state index in [4.69, 9.17) is 5.73 Å². The molecule has 2 rings (SSSR count). The summed E-state index contributed by atoms with van der Waals surface area (Å²) >= 11 is 0. The van der Waals surface area contributed by atoms with Crippen molar-refractivity contribution in [2.45, 2.75) is 32.2 Å². The van der Waals surface area contributed by atoms with Gasteiger partial charge in [-0.05, 0) is 30.4 Å². The van der Waals surface area contributed by atoms with Crippen LogP contribution in [-0.2, 0) is 6.54 Å². The van der Waals surface area contributed by atoms with Crippen LogP contribution in [0.4, 0.5) is 5.69 Å². The zero-order valence-corrected chi connectivity index (χ0v) is 10.0. The first-order valence-electron chi connectivity index (χ1n) is 6.15.